The first-order valence-corrected chi connectivity index (χ1v) is 4.46. The highest BCUT2D eigenvalue weighted by Crippen LogP contribution is 2.22. The highest BCUT2D eigenvalue weighted by atomic mass is 32.1. The van der Waals surface area contributed by atoms with Gasteiger partial charge >= 0.3 is 0 Å². The number of oxazole rings is 1. The Balaban J connectivity index is 2.48. The van der Waals surface area contributed by atoms with Crippen LogP contribution in [-0.4, -0.2) is 11.3 Å². The van der Waals surface area contributed by atoms with Crippen molar-refractivity contribution in [3.05, 3.63) is 36.0 Å². The van der Waals surface area contributed by atoms with Gasteiger partial charge in [0.25, 0.3) is 0 Å². The normalized spacial score (nSPS) is 10.1. The number of carbonyl (C=O) groups is 1. The van der Waals surface area contributed by atoms with Gasteiger partial charge in [0.05, 0.1) is 0 Å². The van der Waals surface area contributed by atoms with Crippen molar-refractivity contribution in [2.75, 3.05) is 0 Å². The van der Waals surface area contributed by atoms with E-state index in [4.69, 9.17) is 4.42 Å². The lowest BCUT2D eigenvalue weighted by Crippen LogP contribution is -1.80. The molecule has 0 bridgehead atoms. The molecule has 3 nitrogen and oxygen atoms in total. The molecule has 0 unspecified atom stereocenters. The summed E-state index contributed by atoms with van der Waals surface area (Å²) in [5.74, 6) is 0.415. The van der Waals surface area contributed by atoms with E-state index in [2.05, 4.69) is 17.6 Å². The largest absolute Gasteiger partial charge is 0.429 e. The van der Waals surface area contributed by atoms with Gasteiger partial charge in [0.15, 0.2) is 17.1 Å². The van der Waals surface area contributed by atoms with Crippen LogP contribution in [0.5, 0.6) is 0 Å². The molecule has 1 aromatic carbocycles. The molecule has 0 fully saturated rings. The molecule has 0 aliphatic heterocycles. The van der Waals surface area contributed by atoms with Crippen LogP contribution in [0.4, 0.5) is 0 Å². The minimum absolute atomic E-state index is 0.229. The molecule has 14 heavy (non-hydrogen) atoms. The molecule has 4 heteroatoms. The summed E-state index contributed by atoms with van der Waals surface area (Å²) >= 11 is 3.99. The number of benzene rings is 1. The summed E-state index contributed by atoms with van der Waals surface area (Å²) in [5, 5.41) is 0.249. The summed E-state index contributed by atoms with van der Waals surface area (Å²) in [7, 11) is 0. The molecule has 0 radical (unpaired) electrons. The van der Waals surface area contributed by atoms with Gasteiger partial charge in [-0.05, 0) is 12.1 Å². The first kappa shape index (κ1) is 9.02. The Morgan fingerprint density at radius 1 is 1.29 bits per heavy atom. The Hall–Kier alpha value is -1.55. The van der Waals surface area contributed by atoms with Crippen molar-refractivity contribution in [2.45, 2.75) is 5.09 Å². The fourth-order valence-electron chi connectivity index (χ4n) is 1.10. The third kappa shape index (κ3) is 1.56. The zero-order valence-electron chi connectivity index (χ0n) is 7.18. The van der Waals surface area contributed by atoms with Crippen LogP contribution in [-0.2, 0) is 0 Å². The molecule has 0 saturated carbocycles. The maximum atomic E-state index is 10.5. The van der Waals surface area contributed by atoms with Crippen molar-refractivity contribution >= 4 is 18.9 Å². The summed E-state index contributed by atoms with van der Waals surface area (Å²) in [6.45, 7) is 0. The van der Waals surface area contributed by atoms with Gasteiger partial charge < -0.3 is 4.42 Å². The Bertz CT molecular complexity index is 450. The second-order valence-corrected chi connectivity index (χ2v) is 3.10. The van der Waals surface area contributed by atoms with Gasteiger partial charge in [-0.25, -0.2) is 4.98 Å². The lowest BCUT2D eigenvalue weighted by Gasteiger charge is -1.91. The third-order valence-corrected chi connectivity index (χ3v) is 2.09. The van der Waals surface area contributed by atoms with Gasteiger partial charge in [-0.1, -0.05) is 18.2 Å². The standard InChI is InChI=1S/C10H7NO2S/c12-6-8-10(14)13-9(11-8)7-4-2-1-3-5-7/h1-6,14H. The van der Waals surface area contributed by atoms with Gasteiger partial charge in [0, 0.05) is 5.56 Å². The van der Waals surface area contributed by atoms with E-state index in [1.54, 1.807) is 0 Å². The number of rotatable bonds is 2. The topological polar surface area (TPSA) is 43.1 Å². The van der Waals surface area contributed by atoms with Crippen molar-refractivity contribution in [3.8, 4) is 11.5 Å². The van der Waals surface area contributed by atoms with Crippen LogP contribution in [0.1, 0.15) is 10.5 Å². The van der Waals surface area contributed by atoms with Gasteiger partial charge in [-0.2, -0.15) is 0 Å². The molecular formula is C10H7NO2S. The molecule has 1 aromatic heterocycles. The van der Waals surface area contributed by atoms with Crippen LogP contribution in [0.3, 0.4) is 0 Å². The van der Waals surface area contributed by atoms with Gasteiger partial charge in [0.1, 0.15) is 0 Å². The third-order valence-electron chi connectivity index (χ3n) is 1.77. The lowest BCUT2D eigenvalue weighted by molar-refractivity contribution is 0.111. The fraction of sp³-hybridized carbons (Fsp3) is 0. The first-order chi connectivity index (χ1) is 6.81. The number of hydrogen-bond donors (Lipinski definition) is 1. The van der Waals surface area contributed by atoms with Crippen molar-refractivity contribution in [1.29, 1.82) is 0 Å². The maximum Gasteiger partial charge on any atom is 0.228 e. The van der Waals surface area contributed by atoms with Crippen molar-refractivity contribution in [3.63, 3.8) is 0 Å². The Morgan fingerprint density at radius 2 is 2.00 bits per heavy atom. The van der Waals surface area contributed by atoms with Gasteiger partial charge in [0.2, 0.25) is 5.89 Å². The average Bonchev–Trinajstić information content (AvgIpc) is 2.61. The minimum Gasteiger partial charge on any atom is -0.429 e. The number of carbonyl (C=O) groups excluding carboxylic acids is 1. The van der Waals surface area contributed by atoms with Crippen LogP contribution < -0.4 is 0 Å². The monoisotopic (exact) mass is 205 g/mol. The van der Waals surface area contributed by atoms with E-state index in [1.165, 1.54) is 0 Å². The van der Waals surface area contributed by atoms with Crippen LogP contribution in [0.25, 0.3) is 11.5 Å². The van der Waals surface area contributed by atoms with Gasteiger partial charge in [-0.3, -0.25) is 4.79 Å². The number of thiol groups is 1. The van der Waals surface area contributed by atoms with E-state index in [0.29, 0.717) is 12.2 Å². The molecule has 0 saturated heterocycles. The number of hydrogen-bond acceptors (Lipinski definition) is 4. The van der Waals surface area contributed by atoms with Gasteiger partial charge in [-0.15, -0.1) is 12.6 Å². The Kier molecular flexibility index (Phi) is 2.37. The van der Waals surface area contributed by atoms with Crippen LogP contribution in [0.2, 0.25) is 0 Å². The number of aldehydes is 1. The lowest BCUT2D eigenvalue weighted by atomic mass is 10.2. The molecule has 0 aliphatic rings. The summed E-state index contributed by atoms with van der Waals surface area (Å²) < 4.78 is 5.21. The molecule has 0 aliphatic carbocycles. The SMILES string of the molecule is O=Cc1nc(-c2ccccc2)oc1S. The second-order valence-electron chi connectivity index (χ2n) is 2.69. The highest BCUT2D eigenvalue weighted by molar-refractivity contribution is 7.80. The zero-order valence-corrected chi connectivity index (χ0v) is 8.07. The van der Waals surface area contributed by atoms with E-state index in [9.17, 15) is 4.79 Å². The average molecular weight is 205 g/mol. The Morgan fingerprint density at radius 3 is 2.57 bits per heavy atom. The van der Waals surface area contributed by atoms with Crippen molar-refractivity contribution < 1.29 is 9.21 Å². The second kappa shape index (κ2) is 3.67. The zero-order chi connectivity index (χ0) is 9.97. The molecule has 0 amide bonds. The fourth-order valence-corrected chi connectivity index (χ4v) is 1.29. The molecule has 70 valence electrons. The van der Waals surface area contributed by atoms with Crippen molar-refractivity contribution in [2.24, 2.45) is 0 Å². The van der Waals surface area contributed by atoms with E-state index >= 15 is 0 Å². The molecule has 0 spiro atoms. The molecule has 0 atom stereocenters. The highest BCUT2D eigenvalue weighted by Gasteiger charge is 2.10. The van der Waals surface area contributed by atoms with Crippen molar-refractivity contribution in [1.82, 2.24) is 4.98 Å². The first-order valence-electron chi connectivity index (χ1n) is 4.01. The molecule has 0 N–H and O–H groups in total. The number of aromatic nitrogens is 1. The van der Waals surface area contributed by atoms with E-state index in [0.717, 1.165) is 5.56 Å². The number of nitrogens with zero attached hydrogens (tertiary/aromatic N) is 1. The summed E-state index contributed by atoms with van der Waals surface area (Å²) in [6.07, 6.45) is 0.623. The van der Waals surface area contributed by atoms with Crippen LogP contribution in [0.15, 0.2) is 39.8 Å². The smallest absolute Gasteiger partial charge is 0.228 e. The molecular weight excluding hydrogens is 198 g/mol. The van der Waals surface area contributed by atoms with Crippen LogP contribution in [0, 0.1) is 0 Å². The summed E-state index contributed by atoms with van der Waals surface area (Å²) in [4.78, 5) is 14.5. The predicted molar refractivity (Wildman–Crippen MR) is 54.6 cm³/mol. The molecule has 1 heterocycles. The maximum absolute atomic E-state index is 10.5. The molecule has 2 aromatic rings. The van der Waals surface area contributed by atoms with E-state index in [-0.39, 0.29) is 10.8 Å². The van der Waals surface area contributed by atoms with E-state index < -0.39 is 0 Å². The summed E-state index contributed by atoms with van der Waals surface area (Å²) in [5.41, 5.74) is 1.06. The minimum atomic E-state index is 0.229. The van der Waals surface area contributed by atoms with E-state index in [1.807, 2.05) is 30.3 Å². The quantitative estimate of drug-likeness (QED) is 0.605. The molecule has 2 rings (SSSR count). The summed E-state index contributed by atoms with van der Waals surface area (Å²) in [6, 6.07) is 9.35. The predicted octanol–water partition coefficient (Wildman–Crippen LogP) is 2.44. The Labute approximate surface area is 86.2 Å². The van der Waals surface area contributed by atoms with Crippen LogP contribution >= 0.6 is 12.6 Å².